The van der Waals surface area contributed by atoms with Crippen LogP contribution in [-0.2, 0) is 6.18 Å². The molecule has 1 saturated carbocycles. The molecule has 1 radical (unpaired) electrons. The predicted molar refractivity (Wildman–Crippen MR) is 114 cm³/mol. The molecule has 1 aliphatic heterocycles. The number of likely N-dealkylation sites (N-methyl/N-ethyl adjacent to an activating group) is 1. The summed E-state index contributed by atoms with van der Waals surface area (Å²) in [6, 6.07) is 5.38. The smallest absolute Gasteiger partial charge is 0.345 e. The molecule has 5 nitrogen and oxygen atoms in total. The third-order valence-corrected chi connectivity index (χ3v) is 6.90. The Morgan fingerprint density at radius 3 is 2.58 bits per heavy atom. The van der Waals surface area contributed by atoms with Crippen LogP contribution in [0.3, 0.4) is 0 Å². The number of thiazole rings is 1. The van der Waals surface area contributed by atoms with Gasteiger partial charge in [-0.1, -0.05) is 23.5 Å². The van der Waals surface area contributed by atoms with E-state index < -0.39 is 11.7 Å². The second kappa shape index (κ2) is 7.87. The molecule has 1 aromatic carbocycles. The first-order chi connectivity index (χ1) is 14.9. The summed E-state index contributed by atoms with van der Waals surface area (Å²) in [6.07, 6.45) is 2.19. The first-order valence-corrected chi connectivity index (χ1v) is 11.1. The Kier molecular flexibility index (Phi) is 5.18. The van der Waals surface area contributed by atoms with Gasteiger partial charge in [0.15, 0.2) is 11.5 Å². The molecule has 0 bridgehead atoms. The minimum absolute atomic E-state index is 0.396. The second-order valence-electron chi connectivity index (χ2n) is 8.09. The van der Waals surface area contributed by atoms with Crippen molar-refractivity contribution >= 4 is 16.5 Å². The summed E-state index contributed by atoms with van der Waals surface area (Å²) in [5, 5.41) is 0.816. The van der Waals surface area contributed by atoms with Gasteiger partial charge in [-0.25, -0.2) is 15.0 Å². The number of hydrogen-bond acceptors (Lipinski definition) is 6. The maximum absolute atomic E-state index is 13.4. The molecular formula is C22H21F3N5S. The molecule has 0 amide bonds. The summed E-state index contributed by atoms with van der Waals surface area (Å²) in [7, 11) is 2.08. The lowest BCUT2D eigenvalue weighted by atomic mass is 10.0. The summed E-state index contributed by atoms with van der Waals surface area (Å²) >= 11 is 1.49. The first kappa shape index (κ1) is 20.4. The van der Waals surface area contributed by atoms with E-state index in [1.54, 1.807) is 12.3 Å². The Morgan fingerprint density at radius 2 is 1.87 bits per heavy atom. The van der Waals surface area contributed by atoms with E-state index in [2.05, 4.69) is 33.1 Å². The van der Waals surface area contributed by atoms with Crippen LogP contribution in [-0.4, -0.2) is 53.1 Å². The monoisotopic (exact) mass is 444 g/mol. The molecule has 161 valence electrons. The quantitative estimate of drug-likeness (QED) is 0.583. The molecule has 0 N–H and O–H groups in total. The second-order valence-corrected chi connectivity index (χ2v) is 9.07. The van der Waals surface area contributed by atoms with Gasteiger partial charge in [0.1, 0.15) is 0 Å². The Hall–Kier alpha value is -2.52. The first-order valence-electron chi connectivity index (χ1n) is 10.3. The van der Waals surface area contributed by atoms with Gasteiger partial charge in [0.05, 0.1) is 21.8 Å². The van der Waals surface area contributed by atoms with Gasteiger partial charge in [-0.3, -0.25) is 0 Å². The minimum Gasteiger partial charge on any atom is -0.345 e. The van der Waals surface area contributed by atoms with Crippen LogP contribution in [0.1, 0.15) is 29.9 Å². The van der Waals surface area contributed by atoms with Crippen molar-refractivity contribution in [2.75, 3.05) is 38.1 Å². The minimum atomic E-state index is -4.41. The topological polar surface area (TPSA) is 45.2 Å². The van der Waals surface area contributed by atoms with Crippen molar-refractivity contribution in [2.24, 2.45) is 0 Å². The fraction of sp³-hybridized carbons (Fsp3) is 0.409. The molecule has 0 spiro atoms. The number of halogens is 3. The Morgan fingerprint density at radius 1 is 1.10 bits per heavy atom. The number of piperazine rings is 1. The van der Waals surface area contributed by atoms with E-state index in [1.807, 2.05) is 0 Å². The molecule has 2 aromatic heterocycles. The summed E-state index contributed by atoms with van der Waals surface area (Å²) in [5.74, 6) is 0.396. The lowest BCUT2D eigenvalue weighted by Gasteiger charge is -2.32. The third-order valence-electron chi connectivity index (χ3n) is 5.78. The molecule has 3 heterocycles. The molecule has 1 aliphatic carbocycles. The van der Waals surface area contributed by atoms with E-state index >= 15 is 0 Å². The maximum atomic E-state index is 13.4. The highest BCUT2D eigenvalue weighted by molar-refractivity contribution is 7.19. The number of nitrogens with zero attached hydrogens (tertiary/aromatic N) is 5. The van der Waals surface area contributed by atoms with Crippen molar-refractivity contribution in [1.29, 1.82) is 0 Å². The number of alkyl halides is 3. The van der Waals surface area contributed by atoms with Crippen LogP contribution in [0, 0.1) is 6.33 Å². The molecule has 1 saturated heterocycles. The largest absolute Gasteiger partial charge is 0.416 e. The highest BCUT2D eigenvalue weighted by atomic mass is 32.1. The van der Waals surface area contributed by atoms with Crippen molar-refractivity contribution in [3.05, 3.63) is 47.9 Å². The summed E-state index contributed by atoms with van der Waals surface area (Å²) in [5.41, 5.74) is 2.07. The Labute approximate surface area is 182 Å². The fourth-order valence-corrected chi connectivity index (χ4v) is 4.97. The van der Waals surface area contributed by atoms with Gasteiger partial charge >= 0.3 is 6.18 Å². The van der Waals surface area contributed by atoms with Crippen molar-refractivity contribution in [3.8, 4) is 21.8 Å². The third kappa shape index (κ3) is 4.16. The summed E-state index contributed by atoms with van der Waals surface area (Å²) in [4.78, 5) is 18.6. The standard InChI is InChI=1S/C22H21F3N5S/c1-29-7-9-30(10-8-29)21-28-18(15-3-2-4-16(11-15)22(23,24)25)20(31-21)19-17(14-5-6-14)12-26-13-27-19/h2-4,11-12,14H,5-10H2,1H3. The van der Waals surface area contributed by atoms with Crippen LogP contribution in [0.5, 0.6) is 0 Å². The SMILES string of the molecule is CN1CCN(c2nc(-c3cccc(C(F)(F)F)c3)c(-c3n[c]ncc3C3CC3)s2)CC1. The maximum Gasteiger partial charge on any atom is 0.416 e. The van der Waals surface area contributed by atoms with Gasteiger partial charge in [-0.05, 0) is 37.9 Å². The van der Waals surface area contributed by atoms with E-state index in [4.69, 9.17) is 4.98 Å². The molecule has 5 rings (SSSR count). The van der Waals surface area contributed by atoms with Crippen molar-refractivity contribution in [2.45, 2.75) is 24.9 Å². The molecular weight excluding hydrogens is 423 g/mol. The van der Waals surface area contributed by atoms with Crippen LogP contribution < -0.4 is 4.90 Å². The summed E-state index contributed by atoms with van der Waals surface area (Å²) in [6.45, 7) is 3.50. The highest BCUT2D eigenvalue weighted by Gasteiger charge is 2.33. The number of benzene rings is 1. The zero-order valence-electron chi connectivity index (χ0n) is 17.0. The molecule has 2 aliphatic rings. The summed E-state index contributed by atoms with van der Waals surface area (Å²) < 4.78 is 40.1. The number of rotatable bonds is 4. The van der Waals surface area contributed by atoms with E-state index in [-0.39, 0.29) is 0 Å². The van der Waals surface area contributed by atoms with Gasteiger partial charge in [0, 0.05) is 43.5 Å². The Balaban J connectivity index is 1.63. The van der Waals surface area contributed by atoms with E-state index in [1.165, 1.54) is 23.5 Å². The Bertz CT molecular complexity index is 1080. The lowest BCUT2D eigenvalue weighted by molar-refractivity contribution is -0.137. The average Bonchev–Trinajstić information content (AvgIpc) is 3.52. The van der Waals surface area contributed by atoms with Gasteiger partial charge in [-0.2, -0.15) is 13.2 Å². The van der Waals surface area contributed by atoms with Crippen LogP contribution >= 0.6 is 11.3 Å². The molecule has 9 heteroatoms. The van der Waals surface area contributed by atoms with Crippen LogP contribution in [0.4, 0.5) is 18.3 Å². The molecule has 2 fully saturated rings. The van der Waals surface area contributed by atoms with Gasteiger partial charge in [0.2, 0.25) is 0 Å². The van der Waals surface area contributed by atoms with E-state index in [0.717, 1.165) is 66.4 Å². The highest BCUT2D eigenvalue weighted by Crippen LogP contribution is 2.48. The van der Waals surface area contributed by atoms with Gasteiger partial charge in [0.25, 0.3) is 0 Å². The molecule has 31 heavy (non-hydrogen) atoms. The average molecular weight is 445 g/mol. The normalized spacial score (nSPS) is 17.9. The molecule has 0 atom stereocenters. The lowest BCUT2D eigenvalue weighted by Crippen LogP contribution is -2.44. The zero-order valence-corrected chi connectivity index (χ0v) is 17.8. The van der Waals surface area contributed by atoms with Crippen LogP contribution in [0.15, 0.2) is 30.5 Å². The van der Waals surface area contributed by atoms with Gasteiger partial charge < -0.3 is 9.80 Å². The van der Waals surface area contributed by atoms with Crippen molar-refractivity contribution < 1.29 is 13.2 Å². The number of anilines is 1. The molecule has 3 aromatic rings. The molecule has 0 unspecified atom stereocenters. The number of aromatic nitrogens is 3. The number of hydrogen-bond donors (Lipinski definition) is 0. The van der Waals surface area contributed by atoms with Crippen molar-refractivity contribution in [3.63, 3.8) is 0 Å². The van der Waals surface area contributed by atoms with E-state index in [9.17, 15) is 13.2 Å². The van der Waals surface area contributed by atoms with Crippen LogP contribution in [0.2, 0.25) is 0 Å². The fourth-order valence-electron chi connectivity index (χ4n) is 3.82. The van der Waals surface area contributed by atoms with Gasteiger partial charge in [-0.15, -0.1) is 0 Å². The van der Waals surface area contributed by atoms with Crippen LogP contribution in [0.25, 0.3) is 21.8 Å². The van der Waals surface area contributed by atoms with Crippen molar-refractivity contribution in [1.82, 2.24) is 19.9 Å². The van der Waals surface area contributed by atoms with E-state index in [0.29, 0.717) is 17.2 Å². The zero-order chi connectivity index (χ0) is 21.6. The predicted octanol–water partition coefficient (Wildman–Crippen LogP) is 4.72.